The fourth-order valence-electron chi connectivity index (χ4n) is 2.23. The van der Waals surface area contributed by atoms with E-state index >= 15 is 0 Å². The molecule has 0 aliphatic carbocycles. The molecule has 2 aromatic rings. The van der Waals surface area contributed by atoms with Crippen LogP contribution < -0.4 is 4.74 Å². The van der Waals surface area contributed by atoms with Crippen LogP contribution in [0.5, 0.6) is 5.75 Å². The molecule has 2 nitrogen and oxygen atoms in total. The minimum absolute atomic E-state index is 0.0366. The second-order valence-electron chi connectivity index (χ2n) is 5.38. The lowest BCUT2D eigenvalue weighted by Gasteiger charge is -2.14. The van der Waals surface area contributed by atoms with E-state index in [0.29, 0.717) is 5.92 Å². The van der Waals surface area contributed by atoms with Crippen LogP contribution in [0.15, 0.2) is 28.7 Å². The Labute approximate surface area is 138 Å². The van der Waals surface area contributed by atoms with Gasteiger partial charge in [0.1, 0.15) is 5.75 Å². The highest BCUT2D eigenvalue weighted by Gasteiger charge is 2.14. The highest BCUT2D eigenvalue weighted by atomic mass is 79.9. The lowest BCUT2D eigenvalue weighted by atomic mass is 10.0. The minimum atomic E-state index is 0.0366. The van der Waals surface area contributed by atoms with E-state index in [9.17, 15) is 4.79 Å². The van der Waals surface area contributed by atoms with E-state index in [0.717, 1.165) is 31.1 Å². The van der Waals surface area contributed by atoms with Crippen molar-refractivity contribution in [2.75, 3.05) is 6.61 Å². The first-order valence-corrected chi connectivity index (χ1v) is 8.52. The van der Waals surface area contributed by atoms with E-state index in [-0.39, 0.29) is 12.4 Å². The number of ketones is 1. The van der Waals surface area contributed by atoms with Crippen LogP contribution in [0, 0.1) is 13.8 Å². The van der Waals surface area contributed by atoms with Gasteiger partial charge in [0.2, 0.25) is 5.78 Å². The van der Waals surface area contributed by atoms with Gasteiger partial charge in [-0.1, -0.05) is 29.8 Å². The monoisotopic (exact) mass is 366 g/mol. The van der Waals surface area contributed by atoms with Gasteiger partial charge in [-0.25, -0.2) is 0 Å². The Kier molecular flexibility index (Phi) is 5.22. The van der Waals surface area contributed by atoms with Crippen molar-refractivity contribution in [1.82, 2.24) is 0 Å². The molecule has 0 spiro atoms. The number of hydrogen-bond acceptors (Lipinski definition) is 3. The summed E-state index contributed by atoms with van der Waals surface area (Å²) in [6, 6.07) is 7.84. The molecule has 1 heterocycles. The molecule has 112 valence electrons. The van der Waals surface area contributed by atoms with E-state index < -0.39 is 0 Å². The lowest BCUT2D eigenvalue weighted by molar-refractivity contribution is 0.0920. The average Bonchev–Trinajstić information content (AvgIpc) is 2.75. The first kappa shape index (κ1) is 16.2. The van der Waals surface area contributed by atoms with Crippen LogP contribution in [0.3, 0.4) is 0 Å². The van der Waals surface area contributed by atoms with E-state index in [1.165, 1.54) is 0 Å². The maximum Gasteiger partial charge on any atom is 0.201 e. The Bertz CT molecular complexity index is 659. The van der Waals surface area contributed by atoms with E-state index in [4.69, 9.17) is 4.74 Å². The fraction of sp³-hybridized carbons (Fsp3) is 0.353. The predicted molar refractivity (Wildman–Crippen MR) is 91.8 cm³/mol. The molecule has 0 fully saturated rings. The van der Waals surface area contributed by atoms with Gasteiger partial charge < -0.3 is 4.74 Å². The van der Waals surface area contributed by atoms with E-state index in [1.807, 2.05) is 38.1 Å². The van der Waals surface area contributed by atoms with Crippen LogP contribution in [0.1, 0.15) is 45.4 Å². The van der Waals surface area contributed by atoms with Crippen LogP contribution in [0.4, 0.5) is 0 Å². The third kappa shape index (κ3) is 3.95. The molecule has 1 aromatic heterocycles. The second kappa shape index (κ2) is 6.75. The summed E-state index contributed by atoms with van der Waals surface area (Å²) in [4.78, 5) is 14.5. The SMILES string of the molecule is Cc1cc(C(=O)COc2ccc(Br)cc2C(C)C)c(C)s1. The fourth-order valence-corrected chi connectivity index (χ4v) is 3.55. The molecule has 0 radical (unpaired) electrons. The number of thiophene rings is 1. The van der Waals surface area contributed by atoms with E-state index in [1.54, 1.807) is 11.3 Å². The summed E-state index contributed by atoms with van der Waals surface area (Å²) in [5.41, 5.74) is 1.89. The molecule has 0 aliphatic heterocycles. The van der Waals surface area contributed by atoms with Crippen LogP contribution >= 0.6 is 27.3 Å². The van der Waals surface area contributed by atoms with Gasteiger partial charge in [-0.3, -0.25) is 4.79 Å². The van der Waals surface area contributed by atoms with Crippen molar-refractivity contribution in [2.45, 2.75) is 33.6 Å². The molecule has 0 saturated carbocycles. The van der Waals surface area contributed by atoms with Gasteiger partial charge in [-0.2, -0.15) is 0 Å². The first-order chi connectivity index (χ1) is 9.88. The Morgan fingerprint density at radius 3 is 2.57 bits per heavy atom. The number of aryl methyl sites for hydroxylation is 2. The van der Waals surface area contributed by atoms with E-state index in [2.05, 4.69) is 29.8 Å². The van der Waals surface area contributed by atoms with Crippen molar-refractivity contribution >= 4 is 33.0 Å². The van der Waals surface area contributed by atoms with Crippen LogP contribution in [0.25, 0.3) is 0 Å². The topological polar surface area (TPSA) is 26.3 Å². The second-order valence-corrected chi connectivity index (χ2v) is 7.75. The Morgan fingerprint density at radius 2 is 2.00 bits per heavy atom. The van der Waals surface area contributed by atoms with Crippen molar-refractivity contribution in [3.05, 3.63) is 49.6 Å². The van der Waals surface area contributed by atoms with Gasteiger partial charge in [-0.15, -0.1) is 11.3 Å². The molecule has 0 saturated heterocycles. The summed E-state index contributed by atoms with van der Waals surface area (Å²) in [7, 11) is 0. The third-order valence-corrected chi connectivity index (χ3v) is 4.75. The van der Waals surface area contributed by atoms with Crippen LogP contribution in [-0.4, -0.2) is 12.4 Å². The van der Waals surface area contributed by atoms with Crippen LogP contribution in [-0.2, 0) is 0 Å². The number of benzene rings is 1. The minimum Gasteiger partial charge on any atom is -0.485 e. The zero-order valence-corrected chi connectivity index (χ0v) is 15.1. The normalized spacial score (nSPS) is 11.0. The molecule has 0 bridgehead atoms. The average molecular weight is 367 g/mol. The smallest absolute Gasteiger partial charge is 0.201 e. The maximum absolute atomic E-state index is 12.3. The molecule has 1 aromatic carbocycles. The van der Waals surface area contributed by atoms with Crippen molar-refractivity contribution in [3.8, 4) is 5.75 Å². The quantitative estimate of drug-likeness (QED) is 0.651. The van der Waals surface area contributed by atoms with Gasteiger partial charge in [0.25, 0.3) is 0 Å². The summed E-state index contributed by atoms with van der Waals surface area (Å²) in [5.74, 6) is 1.17. The standard InChI is InChI=1S/C17H19BrO2S/c1-10(2)14-8-13(18)5-6-17(14)20-9-16(19)15-7-11(3)21-12(15)4/h5-8,10H,9H2,1-4H3. The summed E-state index contributed by atoms with van der Waals surface area (Å²) >= 11 is 5.12. The summed E-state index contributed by atoms with van der Waals surface area (Å²) in [6.45, 7) is 8.30. The highest BCUT2D eigenvalue weighted by molar-refractivity contribution is 9.10. The summed E-state index contributed by atoms with van der Waals surface area (Å²) < 4.78 is 6.79. The molecule has 2 rings (SSSR count). The molecule has 0 aliphatic rings. The van der Waals surface area contributed by atoms with Gasteiger partial charge in [0, 0.05) is 19.8 Å². The summed E-state index contributed by atoms with van der Waals surface area (Å²) in [6.07, 6.45) is 0. The lowest BCUT2D eigenvalue weighted by Crippen LogP contribution is -2.12. The zero-order chi connectivity index (χ0) is 15.6. The largest absolute Gasteiger partial charge is 0.485 e. The van der Waals surface area contributed by atoms with Crippen LogP contribution in [0.2, 0.25) is 0 Å². The molecule has 0 unspecified atom stereocenters. The van der Waals surface area contributed by atoms with Crippen molar-refractivity contribution in [3.63, 3.8) is 0 Å². The maximum atomic E-state index is 12.3. The number of ether oxygens (including phenoxy) is 1. The Morgan fingerprint density at radius 1 is 1.29 bits per heavy atom. The van der Waals surface area contributed by atoms with Gasteiger partial charge in [0.05, 0.1) is 0 Å². The molecule has 0 atom stereocenters. The molecular weight excluding hydrogens is 348 g/mol. The number of hydrogen-bond donors (Lipinski definition) is 0. The number of Topliss-reactive ketones (excluding diaryl/α,β-unsaturated/α-hetero) is 1. The van der Waals surface area contributed by atoms with Gasteiger partial charge in [0.15, 0.2) is 6.61 Å². The van der Waals surface area contributed by atoms with Crippen molar-refractivity contribution in [2.24, 2.45) is 0 Å². The van der Waals surface area contributed by atoms with Crippen molar-refractivity contribution < 1.29 is 9.53 Å². The molecular formula is C17H19BrO2S. The molecule has 21 heavy (non-hydrogen) atoms. The predicted octanol–water partition coefficient (Wildman–Crippen LogP) is 5.51. The first-order valence-electron chi connectivity index (χ1n) is 6.91. The van der Waals surface area contributed by atoms with Crippen molar-refractivity contribution in [1.29, 1.82) is 0 Å². The third-order valence-electron chi connectivity index (χ3n) is 3.29. The molecule has 0 amide bonds. The number of halogens is 1. The zero-order valence-electron chi connectivity index (χ0n) is 12.7. The summed E-state index contributed by atoms with van der Waals surface area (Å²) in [5, 5.41) is 0. The molecule has 0 N–H and O–H groups in total. The van der Waals surface area contributed by atoms with Gasteiger partial charge >= 0.3 is 0 Å². The highest BCUT2D eigenvalue weighted by Crippen LogP contribution is 2.30. The number of carbonyl (C=O) groups excluding carboxylic acids is 1. The van der Waals surface area contributed by atoms with Gasteiger partial charge in [-0.05, 0) is 49.6 Å². The number of rotatable bonds is 5. The molecule has 4 heteroatoms. The number of carbonyl (C=O) groups is 1. The Hall–Kier alpha value is -1.13. The Balaban J connectivity index is 2.13.